The van der Waals surface area contributed by atoms with Gasteiger partial charge in [0.1, 0.15) is 22.8 Å². The van der Waals surface area contributed by atoms with Gasteiger partial charge in [-0.05, 0) is 43.2 Å². The first-order valence-electron chi connectivity index (χ1n) is 9.69. The second kappa shape index (κ2) is 6.04. The van der Waals surface area contributed by atoms with E-state index in [0.717, 1.165) is 25.9 Å². The van der Waals surface area contributed by atoms with Crippen LogP contribution in [0.2, 0.25) is 0 Å². The van der Waals surface area contributed by atoms with Crippen molar-refractivity contribution in [3.63, 3.8) is 0 Å². The van der Waals surface area contributed by atoms with Crippen LogP contribution in [0.5, 0.6) is 0 Å². The van der Waals surface area contributed by atoms with Crippen LogP contribution in [0.4, 0.5) is 5.69 Å². The van der Waals surface area contributed by atoms with E-state index >= 15 is 0 Å². The fourth-order valence-corrected chi connectivity index (χ4v) is 4.35. The van der Waals surface area contributed by atoms with Crippen LogP contribution in [0.25, 0.3) is 11.0 Å². The van der Waals surface area contributed by atoms with E-state index in [9.17, 15) is 20.0 Å². The van der Waals surface area contributed by atoms with Crippen LogP contribution >= 0.6 is 0 Å². The van der Waals surface area contributed by atoms with Gasteiger partial charge in [-0.3, -0.25) is 9.59 Å². The maximum absolute atomic E-state index is 12.6. The first kappa shape index (κ1) is 17.2. The van der Waals surface area contributed by atoms with Crippen molar-refractivity contribution in [2.24, 2.45) is 5.41 Å². The largest absolute Gasteiger partial charge is 0.389 e. The summed E-state index contributed by atoms with van der Waals surface area (Å²) < 4.78 is 0. The molecular formula is C20H21N5O3. The predicted molar refractivity (Wildman–Crippen MR) is 102 cm³/mol. The Balaban J connectivity index is 1.59. The van der Waals surface area contributed by atoms with E-state index in [1.165, 1.54) is 17.7 Å². The summed E-state index contributed by atoms with van der Waals surface area (Å²) in [6.45, 7) is 2.17. The van der Waals surface area contributed by atoms with Crippen molar-refractivity contribution in [1.82, 2.24) is 14.9 Å². The Labute approximate surface area is 161 Å². The highest BCUT2D eigenvalue weighted by Gasteiger charge is 2.45. The molecule has 3 fully saturated rings. The molecule has 2 aliphatic heterocycles. The van der Waals surface area contributed by atoms with E-state index in [4.69, 9.17) is 0 Å². The van der Waals surface area contributed by atoms with Crippen molar-refractivity contribution in [2.45, 2.75) is 31.8 Å². The zero-order valence-electron chi connectivity index (χ0n) is 15.4. The molecule has 2 aromatic heterocycles. The molecule has 1 aliphatic carbocycles. The number of rotatable bonds is 2. The van der Waals surface area contributed by atoms with Gasteiger partial charge in [0, 0.05) is 26.2 Å². The number of H-pyrrole nitrogens is 1. The number of fused-ring (bicyclic) bond motifs is 1. The Morgan fingerprint density at radius 3 is 2.57 bits per heavy atom. The summed E-state index contributed by atoms with van der Waals surface area (Å²) in [4.78, 5) is 35.9. The SMILES string of the molecule is N#Cc1c(N2CCC3(CC2)CC3)c2nc(C(=O)N3CC(O)C3)ccc2[nH]c1=O. The van der Waals surface area contributed by atoms with Gasteiger partial charge < -0.3 is 19.9 Å². The molecule has 1 saturated carbocycles. The lowest BCUT2D eigenvalue weighted by Gasteiger charge is -2.36. The Hall–Kier alpha value is -2.92. The average molecular weight is 379 g/mol. The van der Waals surface area contributed by atoms with Crippen LogP contribution in [0.3, 0.4) is 0 Å². The number of nitrogens with zero attached hydrogens (tertiary/aromatic N) is 4. The molecule has 0 unspecified atom stereocenters. The highest BCUT2D eigenvalue weighted by molar-refractivity contribution is 5.98. The van der Waals surface area contributed by atoms with E-state index < -0.39 is 11.7 Å². The van der Waals surface area contributed by atoms with Gasteiger partial charge in [0.05, 0.1) is 17.3 Å². The number of likely N-dealkylation sites (tertiary alicyclic amines) is 1. The van der Waals surface area contributed by atoms with Crippen LogP contribution in [-0.2, 0) is 0 Å². The second-order valence-corrected chi connectivity index (χ2v) is 8.23. The van der Waals surface area contributed by atoms with Crippen molar-refractivity contribution in [3.05, 3.63) is 33.7 Å². The topological polar surface area (TPSA) is 113 Å². The second-order valence-electron chi connectivity index (χ2n) is 8.23. The van der Waals surface area contributed by atoms with E-state index in [1.54, 1.807) is 12.1 Å². The number of pyridine rings is 2. The highest BCUT2D eigenvalue weighted by atomic mass is 16.3. The number of aromatic amines is 1. The van der Waals surface area contributed by atoms with Crippen molar-refractivity contribution in [1.29, 1.82) is 5.26 Å². The summed E-state index contributed by atoms with van der Waals surface area (Å²) in [5.74, 6) is -0.251. The number of anilines is 1. The average Bonchev–Trinajstić information content (AvgIpc) is 3.43. The molecule has 28 heavy (non-hydrogen) atoms. The Morgan fingerprint density at radius 2 is 1.96 bits per heavy atom. The van der Waals surface area contributed by atoms with Crippen LogP contribution < -0.4 is 10.5 Å². The minimum Gasteiger partial charge on any atom is -0.389 e. The van der Waals surface area contributed by atoms with Crippen molar-refractivity contribution in [2.75, 3.05) is 31.1 Å². The zero-order valence-corrected chi connectivity index (χ0v) is 15.4. The number of aliphatic hydroxyl groups excluding tert-OH is 1. The minimum absolute atomic E-state index is 0.0516. The summed E-state index contributed by atoms with van der Waals surface area (Å²) in [5.41, 5.74) is 1.88. The summed E-state index contributed by atoms with van der Waals surface area (Å²) in [6, 6.07) is 5.29. The molecule has 8 heteroatoms. The minimum atomic E-state index is -0.482. The number of aromatic nitrogens is 2. The third-order valence-corrected chi connectivity index (χ3v) is 6.41. The molecule has 0 bridgehead atoms. The summed E-state index contributed by atoms with van der Waals surface area (Å²) in [6.07, 6.45) is 4.15. The molecule has 0 atom stereocenters. The van der Waals surface area contributed by atoms with Crippen LogP contribution in [-0.4, -0.2) is 58.2 Å². The molecular weight excluding hydrogens is 358 g/mol. The maximum Gasteiger partial charge on any atom is 0.272 e. The highest BCUT2D eigenvalue weighted by Crippen LogP contribution is 2.54. The molecule has 2 saturated heterocycles. The fourth-order valence-electron chi connectivity index (χ4n) is 4.35. The number of β-amino-alcohol motifs (C(OH)–C–C–N with tert-alkyl or cyclic N) is 1. The fraction of sp³-hybridized carbons (Fsp3) is 0.500. The quantitative estimate of drug-likeness (QED) is 0.805. The van der Waals surface area contributed by atoms with Gasteiger partial charge >= 0.3 is 0 Å². The molecule has 1 spiro atoms. The number of piperidine rings is 1. The number of aliphatic hydroxyl groups is 1. The van der Waals surface area contributed by atoms with E-state index in [-0.39, 0.29) is 17.2 Å². The van der Waals surface area contributed by atoms with Crippen molar-refractivity contribution >= 4 is 22.6 Å². The van der Waals surface area contributed by atoms with Gasteiger partial charge in [-0.2, -0.15) is 5.26 Å². The molecule has 0 radical (unpaired) electrons. The van der Waals surface area contributed by atoms with Crippen molar-refractivity contribution in [3.8, 4) is 6.07 Å². The van der Waals surface area contributed by atoms with E-state index in [2.05, 4.69) is 14.9 Å². The van der Waals surface area contributed by atoms with Crippen LogP contribution in [0, 0.1) is 16.7 Å². The number of amides is 1. The maximum atomic E-state index is 12.6. The van der Waals surface area contributed by atoms with Gasteiger partial charge in [-0.15, -0.1) is 0 Å². The van der Waals surface area contributed by atoms with Crippen LogP contribution in [0.1, 0.15) is 41.7 Å². The lowest BCUT2D eigenvalue weighted by atomic mass is 9.93. The predicted octanol–water partition coefficient (Wildman–Crippen LogP) is 0.992. The molecule has 8 nitrogen and oxygen atoms in total. The third kappa shape index (κ3) is 2.66. The standard InChI is InChI=1S/C20H21N5O3/c21-9-13-17(24-7-5-20(3-4-20)6-8-24)16-14(23-18(13)27)1-2-15(22-16)19(28)25-10-12(26)11-25/h1-2,12,26H,3-8,10-11H2,(H,23,27). The lowest BCUT2D eigenvalue weighted by molar-refractivity contribution is 0.00553. The first-order chi connectivity index (χ1) is 13.5. The van der Waals surface area contributed by atoms with Gasteiger partial charge in [-0.1, -0.05) is 0 Å². The Kier molecular flexibility index (Phi) is 3.71. The lowest BCUT2D eigenvalue weighted by Crippen LogP contribution is -2.53. The smallest absolute Gasteiger partial charge is 0.272 e. The summed E-state index contributed by atoms with van der Waals surface area (Å²) in [5, 5.41) is 19.1. The summed E-state index contributed by atoms with van der Waals surface area (Å²) in [7, 11) is 0. The molecule has 2 aromatic rings. The molecule has 5 rings (SSSR count). The van der Waals surface area contributed by atoms with Gasteiger partial charge in [0.15, 0.2) is 0 Å². The summed E-state index contributed by atoms with van der Waals surface area (Å²) >= 11 is 0. The van der Waals surface area contributed by atoms with Crippen molar-refractivity contribution < 1.29 is 9.90 Å². The molecule has 3 aliphatic rings. The first-order valence-corrected chi connectivity index (χ1v) is 9.69. The van der Waals surface area contributed by atoms with Gasteiger partial charge in [0.25, 0.3) is 11.5 Å². The number of hydrogen-bond acceptors (Lipinski definition) is 6. The van der Waals surface area contributed by atoms with E-state index in [0.29, 0.717) is 35.2 Å². The number of nitrogens with one attached hydrogen (secondary N) is 1. The van der Waals surface area contributed by atoms with Gasteiger partial charge in [0.2, 0.25) is 0 Å². The number of nitriles is 1. The molecule has 4 heterocycles. The third-order valence-electron chi connectivity index (χ3n) is 6.41. The van der Waals surface area contributed by atoms with Gasteiger partial charge in [-0.25, -0.2) is 4.98 Å². The monoisotopic (exact) mass is 379 g/mol. The number of carbonyl (C=O) groups excluding carboxylic acids is 1. The molecule has 2 N–H and O–H groups in total. The van der Waals surface area contributed by atoms with Crippen LogP contribution in [0.15, 0.2) is 16.9 Å². The Morgan fingerprint density at radius 1 is 1.25 bits per heavy atom. The zero-order chi connectivity index (χ0) is 19.5. The normalized spacial score (nSPS) is 20.9. The number of carbonyl (C=O) groups is 1. The van der Waals surface area contributed by atoms with E-state index in [1.807, 2.05) is 6.07 Å². The molecule has 1 amide bonds. The molecule has 0 aromatic carbocycles. The number of hydrogen-bond donors (Lipinski definition) is 2. The Bertz CT molecular complexity index is 1070. The molecule has 144 valence electrons.